The molecular weight excluding hydrogens is 304 g/mol. The van der Waals surface area contributed by atoms with Crippen LogP contribution in [-0.2, 0) is 16.0 Å². The summed E-state index contributed by atoms with van der Waals surface area (Å²) in [6, 6.07) is 16.8. The van der Waals surface area contributed by atoms with Crippen LogP contribution in [0.15, 0.2) is 54.6 Å². The Hall–Kier alpha value is -2.62. The Bertz CT molecular complexity index is 723. The van der Waals surface area contributed by atoms with Gasteiger partial charge in [0.1, 0.15) is 5.75 Å². The van der Waals surface area contributed by atoms with Crippen molar-refractivity contribution in [2.24, 2.45) is 11.8 Å². The maximum absolute atomic E-state index is 12.9. The topological polar surface area (TPSA) is 52.6 Å². The summed E-state index contributed by atoms with van der Waals surface area (Å²) >= 11 is 0. The van der Waals surface area contributed by atoms with Gasteiger partial charge in [0.05, 0.1) is 30.6 Å². The van der Waals surface area contributed by atoms with E-state index in [0.717, 1.165) is 5.56 Å². The standard InChI is InChI=1S/C20H20O4/c1-2-23-20(22)16(12-14-8-4-3-5-9-14)17-13-24-18-11-7-6-10-15(18)19(17)21/h3-11,16-17H,2,12-13H2,1H3/t16-,17-/m1/s1. The summed E-state index contributed by atoms with van der Waals surface area (Å²) in [5, 5.41) is 0. The van der Waals surface area contributed by atoms with Crippen LogP contribution in [0.1, 0.15) is 22.8 Å². The maximum Gasteiger partial charge on any atom is 0.310 e. The van der Waals surface area contributed by atoms with Crippen LogP contribution in [0.5, 0.6) is 5.75 Å². The molecule has 0 radical (unpaired) electrons. The van der Waals surface area contributed by atoms with Gasteiger partial charge in [-0.05, 0) is 31.0 Å². The molecule has 0 bridgehead atoms. The van der Waals surface area contributed by atoms with Crippen molar-refractivity contribution < 1.29 is 19.1 Å². The zero-order valence-corrected chi connectivity index (χ0v) is 13.6. The number of ketones is 1. The highest BCUT2D eigenvalue weighted by molar-refractivity contribution is 6.03. The molecule has 1 heterocycles. The van der Waals surface area contributed by atoms with Crippen molar-refractivity contribution >= 4 is 11.8 Å². The van der Waals surface area contributed by atoms with Gasteiger partial charge in [0.25, 0.3) is 0 Å². The Morgan fingerprint density at radius 2 is 1.88 bits per heavy atom. The molecule has 0 amide bonds. The van der Waals surface area contributed by atoms with Crippen LogP contribution >= 0.6 is 0 Å². The fourth-order valence-corrected chi connectivity index (χ4v) is 3.06. The van der Waals surface area contributed by atoms with Crippen molar-refractivity contribution in [3.05, 3.63) is 65.7 Å². The first-order chi connectivity index (χ1) is 11.7. The summed E-state index contributed by atoms with van der Waals surface area (Å²) < 4.78 is 10.9. The minimum Gasteiger partial charge on any atom is -0.492 e. The second kappa shape index (κ2) is 7.30. The van der Waals surface area contributed by atoms with Crippen molar-refractivity contribution in [3.8, 4) is 5.75 Å². The van der Waals surface area contributed by atoms with Gasteiger partial charge < -0.3 is 9.47 Å². The molecule has 1 aliphatic rings. The lowest BCUT2D eigenvalue weighted by Crippen LogP contribution is -2.39. The Labute approximate surface area is 141 Å². The van der Waals surface area contributed by atoms with E-state index < -0.39 is 11.8 Å². The van der Waals surface area contributed by atoms with E-state index in [0.29, 0.717) is 24.3 Å². The molecule has 0 aromatic heterocycles. The third-order valence-electron chi connectivity index (χ3n) is 4.28. The van der Waals surface area contributed by atoms with Crippen molar-refractivity contribution in [1.82, 2.24) is 0 Å². The number of carbonyl (C=O) groups excluding carboxylic acids is 2. The molecule has 124 valence electrons. The molecule has 2 atom stereocenters. The predicted molar refractivity (Wildman–Crippen MR) is 90.0 cm³/mol. The van der Waals surface area contributed by atoms with E-state index >= 15 is 0 Å². The Kier molecular flexibility index (Phi) is 4.94. The van der Waals surface area contributed by atoms with Crippen LogP contribution in [-0.4, -0.2) is 25.0 Å². The van der Waals surface area contributed by atoms with Crippen molar-refractivity contribution in [3.63, 3.8) is 0 Å². The van der Waals surface area contributed by atoms with Gasteiger partial charge in [-0.3, -0.25) is 9.59 Å². The Balaban J connectivity index is 1.88. The van der Waals surface area contributed by atoms with Gasteiger partial charge >= 0.3 is 5.97 Å². The number of para-hydroxylation sites is 1. The van der Waals surface area contributed by atoms with Crippen LogP contribution in [0.3, 0.4) is 0 Å². The number of esters is 1. The molecule has 2 aromatic rings. The molecule has 3 rings (SSSR count). The van der Waals surface area contributed by atoms with Crippen LogP contribution in [0.4, 0.5) is 0 Å². The van der Waals surface area contributed by atoms with E-state index in [2.05, 4.69) is 0 Å². The lowest BCUT2D eigenvalue weighted by Gasteiger charge is -2.29. The highest BCUT2D eigenvalue weighted by atomic mass is 16.5. The van der Waals surface area contributed by atoms with Gasteiger partial charge in [-0.25, -0.2) is 0 Å². The van der Waals surface area contributed by atoms with Crippen LogP contribution < -0.4 is 4.74 Å². The molecule has 1 aliphatic heterocycles. The molecule has 0 unspecified atom stereocenters. The number of hydrogen-bond donors (Lipinski definition) is 0. The SMILES string of the molecule is CCOC(=O)[C@H](Cc1ccccc1)[C@H]1COc2ccccc2C1=O. The summed E-state index contributed by atoms with van der Waals surface area (Å²) in [6.07, 6.45) is 0.460. The number of ether oxygens (including phenoxy) is 2. The Morgan fingerprint density at radius 3 is 2.62 bits per heavy atom. The Morgan fingerprint density at radius 1 is 1.17 bits per heavy atom. The summed E-state index contributed by atoms with van der Waals surface area (Å²) in [5.74, 6) is -0.887. The number of hydrogen-bond acceptors (Lipinski definition) is 4. The van der Waals surface area contributed by atoms with E-state index in [1.807, 2.05) is 36.4 Å². The largest absolute Gasteiger partial charge is 0.492 e. The summed E-state index contributed by atoms with van der Waals surface area (Å²) in [5.41, 5.74) is 1.54. The van der Waals surface area contributed by atoms with Crippen LogP contribution in [0, 0.1) is 11.8 Å². The third-order valence-corrected chi connectivity index (χ3v) is 4.28. The number of benzene rings is 2. The normalized spacial score (nSPS) is 17.5. The molecule has 4 nitrogen and oxygen atoms in total. The quantitative estimate of drug-likeness (QED) is 0.792. The third kappa shape index (κ3) is 3.32. The first-order valence-electron chi connectivity index (χ1n) is 8.17. The van der Waals surface area contributed by atoms with Crippen LogP contribution in [0.2, 0.25) is 0 Å². The second-order valence-electron chi connectivity index (χ2n) is 5.83. The average Bonchev–Trinajstić information content (AvgIpc) is 2.62. The van der Waals surface area contributed by atoms with Gasteiger partial charge in [0.2, 0.25) is 0 Å². The molecule has 4 heteroatoms. The summed E-state index contributed by atoms with van der Waals surface area (Å²) in [4.78, 5) is 25.3. The highest BCUT2D eigenvalue weighted by Gasteiger charge is 2.39. The molecule has 24 heavy (non-hydrogen) atoms. The lowest BCUT2D eigenvalue weighted by atomic mass is 9.81. The first-order valence-corrected chi connectivity index (χ1v) is 8.17. The summed E-state index contributed by atoms with van der Waals surface area (Å²) in [6.45, 7) is 2.26. The summed E-state index contributed by atoms with van der Waals surface area (Å²) in [7, 11) is 0. The number of fused-ring (bicyclic) bond motifs is 1. The van der Waals surface area contributed by atoms with Crippen molar-refractivity contribution in [2.45, 2.75) is 13.3 Å². The molecular formula is C20H20O4. The van der Waals surface area contributed by atoms with Crippen LogP contribution in [0.25, 0.3) is 0 Å². The zero-order chi connectivity index (χ0) is 16.9. The zero-order valence-electron chi connectivity index (χ0n) is 13.6. The number of carbonyl (C=O) groups is 2. The van der Waals surface area contributed by atoms with Gasteiger partial charge in [-0.15, -0.1) is 0 Å². The van der Waals surface area contributed by atoms with E-state index in [1.165, 1.54) is 0 Å². The minimum atomic E-state index is -0.548. The van der Waals surface area contributed by atoms with Crippen molar-refractivity contribution in [2.75, 3.05) is 13.2 Å². The van der Waals surface area contributed by atoms with Gasteiger partial charge in [0, 0.05) is 0 Å². The predicted octanol–water partition coefficient (Wildman–Crippen LogP) is 3.30. The van der Waals surface area contributed by atoms with E-state index in [-0.39, 0.29) is 18.4 Å². The molecule has 0 aliphatic carbocycles. The molecule has 0 N–H and O–H groups in total. The molecule has 0 saturated heterocycles. The first kappa shape index (κ1) is 16.2. The smallest absolute Gasteiger partial charge is 0.310 e. The van der Waals surface area contributed by atoms with E-state index in [4.69, 9.17) is 9.47 Å². The highest BCUT2D eigenvalue weighted by Crippen LogP contribution is 2.32. The minimum absolute atomic E-state index is 0.0502. The van der Waals surface area contributed by atoms with E-state index in [9.17, 15) is 9.59 Å². The fourth-order valence-electron chi connectivity index (χ4n) is 3.06. The molecule has 0 spiro atoms. The molecule has 0 fully saturated rings. The van der Waals surface area contributed by atoms with Crippen molar-refractivity contribution in [1.29, 1.82) is 0 Å². The second-order valence-corrected chi connectivity index (χ2v) is 5.83. The van der Waals surface area contributed by atoms with Gasteiger partial charge in [-0.2, -0.15) is 0 Å². The maximum atomic E-state index is 12.9. The average molecular weight is 324 g/mol. The lowest BCUT2D eigenvalue weighted by molar-refractivity contribution is -0.149. The van der Waals surface area contributed by atoms with E-state index in [1.54, 1.807) is 25.1 Å². The monoisotopic (exact) mass is 324 g/mol. The van der Waals surface area contributed by atoms with Gasteiger partial charge in [0.15, 0.2) is 5.78 Å². The molecule has 0 saturated carbocycles. The number of rotatable bonds is 5. The van der Waals surface area contributed by atoms with Gasteiger partial charge in [-0.1, -0.05) is 42.5 Å². The fraction of sp³-hybridized carbons (Fsp3) is 0.300. The molecule has 2 aromatic carbocycles. The number of Topliss-reactive ketones (excluding diaryl/α,β-unsaturated/α-hetero) is 1.